The average molecular weight is 389 g/mol. The molecular weight excluding hydrogens is 372 g/mol. The minimum Gasteiger partial charge on any atom is -0.551 e. The number of benzene rings is 3. The number of nitrogens with two attached hydrogens (primary N) is 2. The second-order valence-corrected chi connectivity index (χ2v) is 6.51. The molecule has 0 atom stereocenters. The third-order valence-corrected chi connectivity index (χ3v) is 4.94. The Bertz CT molecular complexity index is 1290. The van der Waals surface area contributed by atoms with Crippen LogP contribution in [0.1, 0.15) is 21.5 Å². The van der Waals surface area contributed by atoms with Crippen molar-refractivity contribution in [2.24, 2.45) is 11.5 Å². The molecular formula is C22H17N2O5-. The van der Waals surface area contributed by atoms with Gasteiger partial charge in [0.05, 0.1) is 16.7 Å². The maximum atomic E-state index is 12.3. The van der Waals surface area contributed by atoms with Gasteiger partial charge in [0.2, 0.25) is 0 Å². The summed E-state index contributed by atoms with van der Waals surface area (Å²) in [6, 6.07) is 13.8. The Morgan fingerprint density at radius 3 is 2.45 bits per heavy atom. The number of phenolic OH excluding ortho intramolecular Hbond substituents is 1. The van der Waals surface area contributed by atoms with Crippen molar-refractivity contribution in [1.82, 2.24) is 0 Å². The number of hydrogen-bond donors (Lipinski definition) is 4. The molecule has 6 N–H and O–H groups in total. The van der Waals surface area contributed by atoms with Crippen LogP contribution in [0.3, 0.4) is 0 Å². The molecule has 1 heterocycles. The first-order valence-electron chi connectivity index (χ1n) is 8.85. The van der Waals surface area contributed by atoms with Gasteiger partial charge in [-0.15, -0.1) is 12.1 Å². The zero-order chi connectivity index (χ0) is 20.7. The highest BCUT2D eigenvalue weighted by molar-refractivity contribution is 6.08. The molecule has 0 spiro atoms. The lowest BCUT2D eigenvalue weighted by Gasteiger charge is -2.25. The summed E-state index contributed by atoms with van der Waals surface area (Å²) >= 11 is 0. The number of aromatic hydroxyl groups is 1. The van der Waals surface area contributed by atoms with Crippen LogP contribution in [0.2, 0.25) is 0 Å². The van der Waals surface area contributed by atoms with Gasteiger partial charge in [0.25, 0.3) is 0 Å². The minimum atomic E-state index is -1.10. The third-order valence-electron chi connectivity index (χ3n) is 4.94. The first kappa shape index (κ1) is 18.7. The van der Waals surface area contributed by atoms with E-state index in [0.717, 1.165) is 0 Å². The van der Waals surface area contributed by atoms with Gasteiger partial charge in [0.15, 0.2) is 5.43 Å². The maximum Gasteiger partial charge on any atom is 0.335 e. The Morgan fingerprint density at radius 2 is 1.76 bits per heavy atom. The molecule has 1 aliphatic carbocycles. The largest absolute Gasteiger partial charge is 0.551 e. The van der Waals surface area contributed by atoms with Crippen LogP contribution >= 0.6 is 0 Å². The number of rotatable bonds is 4. The van der Waals surface area contributed by atoms with Crippen molar-refractivity contribution in [2.75, 3.05) is 0 Å². The molecule has 0 amide bonds. The normalized spacial score (nSPS) is 11.2. The molecule has 0 saturated heterocycles. The van der Waals surface area contributed by atoms with E-state index in [-0.39, 0.29) is 46.7 Å². The summed E-state index contributed by atoms with van der Waals surface area (Å²) in [5.74, 6) is -0.968. The molecule has 146 valence electrons. The van der Waals surface area contributed by atoms with Gasteiger partial charge < -0.3 is 26.1 Å². The number of carbonyl (C=O) groups is 1. The van der Waals surface area contributed by atoms with E-state index in [9.17, 15) is 19.8 Å². The quantitative estimate of drug-likeness (QED) is 0.311. The van der Waals surface area contributed by atoms with Gasteiger partial charge in [0, 0.05) is 18.8 Å². The molecule has 7 heteroatoms. The van der Waals surface area contributed by atoms with Crippen molar-refractivity contribution < 1.29 is 19.4 Å². The van der Waals surface area contributed by atoms with Gasteiger partial charge in [-0.1, -0.05) is 35.2 Å². The van der Waals surface area contributed by atoms with E-state index in [1.165, 1.54) is 18.2 Å². The van der Waals surface area contributed by atoms with Crippen LogP contribution in [0.4, 0.5) is 0 Å². The molecule has 2 aromatic carbocycles. The highest BCUT2D eigenvalue weighted by Gasteiger charge is 2.21. The van der Waals surface area contributed by atoms with Crippen molar-refractivity contribution in [3.63, 3.8) is 0 Å². The van der Waals surface area contributed by atoms with Crippen LogP contribution in [-0.4, -0.2) is 16.2 Å². The van der Waals surface area contributed by atoms with Crippen molar-refractivity contribution in [2.45, 2.75) is 13.1 Å². The van der Waals surface area contributed by atoms with Gasteiger partial charge in [-0.05, 0) is 28.8 Å². The van der Waals surface area contributed by atoms with Crippen LogP contribution in [-0.2, 0) is 13.1 Å². The molecule has 4 rings (SSSR count). The maximum absolute atomic E-state index is 12.3. The number of aromatic carboxylic acids is 1. The van der Waals surface area contributed by atoms with E-state index in [1.807, 2.05) is 0 Å². The monoisotopic (exact) mass is 389 g/mol. The second kappa shape index (κ2) is 7.05. The summed E-state index contributed by atoms with van der Waals surface area (Å²) in [6.07, 6.45) is 0. The molecule has 1 aliphatic heterocycles. The molecule has 0 saturated carbocycles. The number of carboxylic acid groups (broad SMARTS) is 1. The highest BCUT2D eigenvalue weighted by atomic mass is 16.4. The Morgan fingerprint density at radius 1 is 1.03 bits per heavy atom. The Hall–Kier alpha value is -3.68. The number of hydrogen-bond acceptors (Lipinski definition) is 6. The molecule has 2 aliphatic rings. The lowest BCUT2D eigenvalue weighted by atomic mass is 9.88. The van der Waals surface area contributed by atoms with E-state index in [2.05, 4.69) is 6.07 Å². The van der Waals surface area contributed by atoms with Gasteiger partial charge >= 0.3 is 5.97 Å². The van der Waals surface area contributed by atoms with Gasteiger partial charge in [-0.2, -0.15) is 0 Å². The molecule has 0 bridgehead atoms. The van der Waals surface area contributed by atoms with Crippen LogP contribution in [0.25, 0.3) is 33.4 Å². The fourth-order valence-electron chi connectivity index (χ4n) is 3.58. The fraction of sp³-hybridized carbons (Fsp3) is 0.0909. The second-order valence-electron chi connectivity index (χ2n) is 6.51. The van der Waals surface area contributed by atoms with Crippen molar-refractivity contribution in [3.05, 3.63) is 75.4 Å². The summed E-state index contributed by atoms with van der Waals surface area (Å²) in [7, 11) is 0. The summed E-state index contributed by atoms with van der Waals surface area (Å²) in [5.41, 5.74) is 13.7. The summed E-state index contributed by atoms with van der Waals surface area (Å²) in [4.78, 5) is 24.2. The van der Waals surface area contributed by atoms with Crippen molar-refractivity contribution >= 4 is 16.9 Å². The number of phenols is 1. The Balaban J connectivity index is 2.29. The molecule has 0 aromatic heterocycles. The first-order chi connectivity index (χ1) is 14.0. The molecule has 2 aromatic rings. The Labute approximate surface area is 165 Å². The van der Waals surface area contributed by atoms with E-state index in [1.54, 1.807) is 24.3 Å². The molecule has 0 unspecified atom stereocenters. The lowest BCUT2D eigenvalue weighted by Crippen LogP contribution is -2.15. The average Bonchev–Trinajstić information content (AvgIpc) is 2.72. The van der Waals surface area contributed by atoms with Gasteiger partial charge in [0.1, 0.15) is 5.76 Å². The molecule has 29 heavy (non-hydrogen) atoms. The lowest BCUT2D eigenvalue weighted by molar-refractivity contribution is 0.0697. The van der Waals surface area contributed by atoms with Crippen LogP contribution in [0.15, 0.2) is 51.7 Å². The highest BCUT2D eigenvalue weighted by Crippen LogP contribution is 2.44. The minimum absolute atomic E-state index is 0.0267. The predicted molar refractivity (Wildman–Crippen MR) is 108 cm³/mol. The van der Waals surface area contributed by atoms with Gasteiger partial charge in [-0.25, -0.2) is 4.79 Å². The number of fused-ring (bicyclic) bond motifs is 2. The van der Waals surface area contributed by atoms with E-state index < -0.39 is 5.97 Å². The van der Waals surface area contributed by atoms with Crippen molar-refractivity contribution in [1.29, 1.82) is 0 Å². The van der Waals surface area contributed by atoms with Gasteiger partial charge in [-0.3, -0.25) is 4.79 Å². The first-order valence-corrected chi connectivity index (χ1v) is 8.85. The summed E-state index contributed by atoms with van der Waals surface area (Å²) in [5, 5.41) is 20.4. The van der Waals surface area contributed by atoms with E-state index in [4.69, 9.17) is 15.9 Å². The molecule has 0 fully saturated rings. The standard InChI is InChI=1S/C22H17N2O5/c23-9-15-17(25)7-5-13-19(11-3-1-2-4-12(11)22(27)28)14-6-8-18(26)16(10-24)21(14)29-20(13)15/h1-5,7-8,26H,9-10,23-24H2,(H,27,28)/q-1. The van der Waals surface area contributed by atoms with Crippen molar-refractivity contribution in [3.8, 4) is 28.2 Å². The summed E-state index contributed by atoms with van der Waals surface area (Å²) in [6.45, 7) is -0.0905. The van der Waals surface area contributed by atoms with Crippen LogP contribution in [0.5, 0.6) is 5.75 Å². The van der Waals surface area contributed by atoms with Crippen LogP contribution in [0, 0.1) is 6.07 Å². The Kier molecular flexibility index (Phi) is 4.54. The topological polar surface area (TPSA) is 140 Å². The van der Waals surface area contributed by atoms with E-state index >= 15 is 0 Å². The predicted octanol–water partition coefficient (Wildman–Crippen LogP) is 2.69. The smallest absolute Gasteiger partial charge is 0.335 e. The number of carboxylic acids is 1. The SMILES string of the molecule is NCc1c2oc3c(CN)c(O)c[c-]c3c(-c3ccccc3C(=O)O)c-2ccc1=O. The van der Waals surface area contributed by atoms with Crippen LogP contribution < -0.4 is 16.9 Å². The zero-order valence-electron chi connectivity index (χ0n) is 15.2. The fourth-order valence-corrected chi connectivity index (χ4v) is 3.58. The third kappa shape index (κ3) is 2.84. The molecule has 0 radical (unpaired) electrons. The van der Waals surface area contributed by atoms with E-state index in [0.29, 0.717) is 27.6 Å². The zero-order valence-corrected chi connectivity index (χ0v) is 15.2. The summed E-state index contributed by atoms with van der Waals surface area (Å²) < 4.78 is 6.02. The molecule has 7 nitrogen and oxygen atoms in total.